The van der Waals surface area contributed by atoms with Crippen LogP contribution in [0.1, 0.15) is 36.4 Å². The van der Waals surface area contributed by atoms with E-state index in [1.54, 1.807) is 14.2 Å². The van der Waals surface area contributed by atoms with Crippen molar-refractivity contribution >= 4 is 5.91 Å². The Balaban J connectivity index is 1.55. The van der Waals surface area contributed by atoms with Crippen LogP contribution >= 0.6 is 0 Å². The van der Waals surface area contributed by atoms with E-state index in [4.69, 9.17) is 9.47 Å². The van der Waals surface area contributed by atoms with E-state index in [1.165, 1.54) is 18.4 Å². The first-order valence-electron chi connectivity index (χ1n) is 9.97. The Morgan fingerprint density at radius 1 is 0.964 bits per heavy atom. The van der Waals surface area contributed by atoms with Crippen LogP contribution in [0.5, 0.6) is 11.5 Å². The van der Waals surface area contributed by atoms with Crippen LogP contribution in [0.4, 0.5) is 0 Å². The molecule has 1 aliphatic rings. The molecule has 0 spiro atoms. The molecule has 28 heavy (non-hydrogen) atoms. The summed E-state index contributed by atoms with van der Waals surface area (Å²) in [6.45, 7) is 2.80. The number of methoxy groups -OCH3 is 2. The van der Waals surface area contributed by atoms with Gasteiger partial charge in [-0.2, -0.15) is 0 Å². The highest BCUT2D eigenvalue weighted by atomic mass is 16.5. The monoisotopic (exact) mass is 382 g/mol. The van der Waals surface area contributed by atoms with Gasteiger partial charge in [-0.05, 0) is 67.7 Å². The predicted octanol–water partition coefficient (Wildman–Crippen LogP) is 3.59. The van der Waals surface area contributed by atoms with Crippen molar-refractivity contribution in [3.05, 3.63) is 59.7 Å². The molecule has 3 rings (SSSR count). The van der Waals surface area contributed by atoms with Gasteiger partial charge < -0.3 is 14.8 Å². The van der Waals surface area contributed by atoms with E-state index in [0.29, 0.717) is 13.0 Å². The third-order valence-corrected chi connectivity index (χ3v) is 5.37. The first kappa shape index (κ1) is 20.2. The summed E-state index contributed by atoms with van der Waals surface area (Å²) < 4.78 is 10.4. The SMILES string of the molecule is COc1ccc(CCC(=O)NCC(c2ccc(OC)cc2)N2CCCC2)cc1. The van der Waals surface area contributed by atoms with E-state index in [1.807, 2.05) is 36.4 Å². The topological polar surface area (TPSA) is 50.8 Å². The molecule has 5 heteroatoms. The Morgan fingerprint density at radius 2 is 1.54 bits per heavy atom. The summed E-state index contributed by atoms with van der Waals surface area (Å²) in [5, 5.41) is 3.14. The minimum Gasteiger partial charge on any atom is -0.497 e. The standard InChI is InChI=1S/C23H30N2O3/c1-27-20-10-5-18(6-11-20)7-14-23(26)24-17-22(25-15-3-4-16-25)19-8-12-21(28-2)13-9-19/h5-6,8-13,22H,3-4,7,14-17H2,1-2H3,(H,24,26). The largest absolute Gasteiger partial charge is 0.497 e. The van der Waals surface area contributed by atoms with Crippen LogP contribution in [0.15, 0.2) is 48.5 Å². The Hall–Kier alpha value is -2.53. The molecule has 0 radical (unpaired) electrons. The molecule has 2 aromatic carbocycles. The average Bonchev–Trinajstić information content (AvgIpc) is 3.28. The van der Waals surface area contributed by atoms with E-state index in [2.05, 4.69) is 22.3 Å². The lowest BCUT2D eigenvalue weighted by Crippen LogP contribution is -2.36. The number of amides is 1. The van der Waals surface area contributed by atoms with Gasteiger partial charge in [0.05, 0.1) is 20.3 Å². The number of benzene rings is 2. The molecule has 1 atom stereocenters. The molecule has 1 saturated heterocycles. The van der Waals surface area contributed by atoms with Crippen molar-refractivity contribution in [2.45, 2.75) is 31.7 Å². The van der Waals surface area contributed by atoms with Crippen molar-refractivity contribution in [1.82, 2.24) is 10.2 Å². The van der Waals surface area contributed by atoms with E-state index in [-0.39, 0.29) is 11.9 Å². The molecule has 1 fully saturated rings. The quantitative estimate of drug-likeness (QED) is 0.720. The van der Waals surface area contributed by atoms with Crippen LogP contribution in [0.3, 0.4) is 0 Å². The van der Waals surface area contributed by atoms with Gasteiger partial charge in [-0.15, -0.1) is 0 Å². The van der Waals surface area contributed by atoms with Crippen LogP contribution in [-0.2, 0) is 11.2 Å². The van der Waals surface area contributed by atoms with E-state index in [0.717, 1.165) is 36.6 Å². The smallest absolute Gasteiger partial charge is 0.220 e. The fourth-order valence-corrected chi connectivity index (χ4v) is 3.69. The number of nitrogens with one attached hydrogen (secondary N) is 1. The van der Waals surface area contributed by atoms with Gasteiger partial charge >= 0.3 is 0 Å². The summed E-state index contributed by atoms with van der Waals surface area (Å²) in [6.07, 6.45) is 3.66. The first-order chi connectivity index (χ1) is 13.7. The number of likely N-dealkylation sites (tertiary alicyclic amines) is 1. The molecular weight excluding hydrogens is 352 g/mol. The molecule has 5 nitrogen and oxygen atoms in total. The molecule has 0 bridgehead atoms. The average molecular weight is 383 g/mol. The van der Waals surface area contributed by atoms with Crippen molar-refractivity contribution in [1.29, 1.82) is 0 Å². The Bertz CT molecular complexity index is 737. The minimum atomic E-state index is 0.0912. The number of aryl methyl sites for hydroxylation is 1. The number of hydrogen-bond acceptors (Lipinski definition) is 4. The van der Waals surface area contributed by atoms with Crippen LogP contribution in [0, 0.1) is 0 Å². The van der Waals surface area contributed by atoms with Crippen LogP contribution < -0.4 is 14.8 Å². The van der Waals surface area contributed by atoms with Crippen LogP contribution in [-0.4, -0.2) is 44.7 Å². The molecule has 0 aromatic heterocycles. The fourth-order valence-electron chi connectivity index (χ4n) is 3.69. The summed E-state index contributed by atoms with van der Waals surface area (Å²) in [6, 6.07) is 16.3. The summed E-state index contributed by atoms with van der Waals surface area (Å²) in [7, 11) is 3.33. The van der Waals surface area contributed by atoms with E-state index < -0.39 is 0 Å². The van der Waals surface area contributed by atoms with Gasteiger partial charge in [-0.1, -0.05) is 24.3 Å². The predicted molar refractivity (Wildman–Crippen MR) is 111 cm³/mol. The molecule has 1 amide bonds. The Morgan fingerprint density at radius 3 is 2.11 bits per heavy atom. The van der Waals surface area contributed by atoms with Crippen molar-refractivity contribution in [3.8, 4) is 11.5 Å². The number of carbonyl (C=O) groups is 1. The van der Waals surface area contributed by atoms with Gasteiger partial charge in [-0.25, -0.2) is 0 Å². The second kappa shape index (κ2) is 10.1. The first-order valence-corrected chi connectivity index (χ1v) is 9.97. The van der Waals surface area contributed by atoms with Gasteiger partial charge in [-0.3, -0.25) is 9.69 Å². The maximum atomic E-state index is 12.4. The lowest BCUT2D eigenvalue weighted by atomic mass is 10.0. The molecule has 1 unspecified atom stereocenters. The zero-order valence-electron chi connectivity index (χ0n) is 16.8. The fraction of sp³-hybridized carbons (Fsp3) is 0.435. The molecular formula is C23H30N2O3. The lowest BCUT2D eigenvalue weighted by molar-refractivity contribution is -0.121. The highest BCUT2D eigenvalue weighted by molar-refractivity contribution is 5.76. The van der Waals surface area contributed by atoms with Crippen molar-refractivity contribution in [2.24, 2.45) is 0 Å². The van der Waals surface area contributed by atoms with E-state index >= 15 is 0 Å². The zero-order chi connectivity index (χ0) is 19.8. The molecule has 0 saturated carbocycles. The van der Waals surface area contributed by atoms with Gasteiger partial charge in [0.2, 0.25) is 5.91 Å². The van der Waals surface area contributed by atoms with Crippen LogP contribution in [0.25, 0.3) is 0 Å². The number of carbonyl (C=O) groups excluding carboxylic acids is 1. The highest BCUT2D eigenvalue weighted by Crippen LogP contribution is 2.26. The second-order valence-corrected chi connectivity index (χ2v) is 7.18. The highest BCUT2D eigenvalue weighted by Gasteiger charge is 2.24. The minimum absolute atomic E-state index is 0.0912. The van der Waals surface area contributed by atoms with Gasteiger partial charge in [0.25, 0.3) is 0 Å². The molecule has 150 valence electrons. The van der Waals surface area contributed by atoms with Gasteiger partial charge in [0, 0.05) is 13.0 Å². The molecule has 1 heterocycles. The van der Waals surface area contributed by atoms with Gasteiger partial charge in [0.15, 0.2) is 0 Å². The van der Waals surface area contributed by atoms with Crippen LogP contribution in [0.2, 0.25) is 0 Å². The third-order valence-electron chi connectivity index (χ3n) is 5.37. The lowest BCUT2D eigenvalue weighted by Gasteiger charge is -2.28. The summed E-state index contributed by atoms with van der Waals surface area (Å²) in [5.41, 5.74) is 2.36. The van der Waals surface area contributed by atoms with Crippen molar-refractivity contribution < 1.29 is 14.3 Å². The zero-order valence-corrected chi connectivity index (χ0v) is 16.8. The molecule has 0 aliphatic carbocycles. The number of nitrogens with zero attached hydrogens (tertiary/aromatic N) is 1. The number of rotatable bonds is 9. The number of ether oxygens (including phenoxy) is 2. The van der Waals surface area contributed by atoms with E-state index in [9.17, 15) is 4.79 Å². The molecule has 1 aliphatic heterocycles. The number of hydrogen-bond donors (Lipinski definition) is 1. The molecule has 2 aromatic rings. The second-order valence-electron chi connectivity index (χ2n) is 7.18. The summed E-state index contributed by atoms with van der Waals surface area (Å²) >= 11 is 0. The normalized spacial score (nSPS) is 15.2. The Kier molecular flexibility index (Phi) is 7.31. The van der Waals surface area contributed by atoms with Crippen molar-refractivity contribution in [2.75, 3.05) is 33.9 Å². The third kappa shape index (κ3) is 5.49. The van der Waals surface area contributed by atoms with Gasteiger partial charge in [0.1, 0.15) is 11.5 Å². The Labute approximate surface area is 167 Å². The maximum absolute atomic E-state index is 12.4. The maximum Gasteiger partial charge on any atom is 0.220 e. The van der Waals surface area contributed by atoms with Crippen molar-refractivity contribution in [3.63, 3.8) is 0 Å². The summed E-state index contributed by atoms with van der Waals surface area (Å²) in [4.78, 5) is 14.9. The summed E-state index contributed by atoms with van der Waals surface area (Å²) in [5.74, 6) is 1.78. The molecule has 1 N–H and O–H groups in total.